The molecule has 1 heteroatoms. The van der Waals surface area contributed by atoms with E-state index in [4.69, 9.17) is 0 Å². The largest absolute Gasteiger partial charge is 0.393 e. The second-order valence-electron chi connectivity index (χ2n) is 14.8. The molecule has 0 aromatic heterocycles. The first kappa shape index (κ1) is 22.2. The van der Waals surface area contributed by atoms with Crippen LogP contribution in [0.3, 0.4) is 0 Å². The first-order chi connectivity index (χ1) is 14.2. The lowest BCUT2D eigenvalue weighted by Crippen LogP contribution is -2.60. The van der Waals surface area contributed by atoms with E-state index in [9.17, 15) is 5.11 Å². The smallest absolute Gasteiger partial charge is 0.0594 e. The minimum Gasteiger partial charge on any atom is -0.393 e. The van der Waals surface area contributed by atoms with Gasteiger partial charge in [0, 0.05) is 0 Å². The number of hydrogen-bond donors (Lipinski definition) is 1. The number of fused-ring (bicyclic) bond motifs is 7. The van der Waals surface area contributed by atoms with Crippen molar-refractivity contribution in [3.05, 3.63) is 23.3 Å². The molecule has 5 rings (SSSR count). The summed E-state index contributed by atoms with van der Waals surface area (Å²) < 4.78 is 0. The van der Waals surface area contributed by atoms with Crippen LogP contribution in [0.5, 0.6) is 0 Å². The van der Waals surface area contributed by atoms with Gasteiger partial charge in [0.15, 0.2) is 0 Å². The van der Waals surface area contributed by atoms with Crippen LogP contribution in [0.15, 0.2) is 23.3 Å². The van der Waals surface area contributed by atoms with Gasteiger partial charge < -0.3 is 5.11 Å². The Morgan fingerprint density at radius 3 is 2.13 bits per heavy atom. The molecule has 5 aliphatic carbocycles. The Labute approximate surface area is 192 Å². The molecule has 0 spiro atoms. The highest BCUT2D eigenvalue weighted by Gasteiger charge is 2.65. The van der Waals surface area contributed by atoms with Crippen LogP contribution in [0.1, 0.15) is 113 Å². The molecular weight excluding hydrogens is 376 g/mol. The Hall–Kier alpha value is -0.560. The van der Waals surface area contributed by atoms with E-state index in [-0.39, 0.29) is 22.3 Å². The van der Waals surface area contributed by atoms with Crippen LogP contribution in [-0.2, 0) is 0 Å². The van der Waals surface area contributed by atoms with Crippen molar-refractivity contribution in [3.8, 4) is 0 Å². The standard InChI is InChI=1S/C30H48O/c1-25(2)15-16-27(5)17-18-29(7)20(21(27)19-25)9-10-23-28(6)13-12-24(31)26(3,4)22(28)11-14-30(23,29)8/h9-10,21-22,24,31H,11-19H2,1-8H3/t21-,22-,24+,27+,28-,29+,30+/m0/s1. The van der Waals surface area contributed by atoms with Gasteiger partial charge in [-0.15, -0.1) is 0 Å². The predicted octanol–water partition coefficient (Wildman–Crippen LogP) is 8.09. The molecule has 4 saturated carbocycles. The predicted molar refractivity (Wildman–Crippen MR) is 131 cm³/mol. The van der Waals surface area contributed by atoms with Crippen molar-refractivity contribution in [1.29, 1.82) is 0 Å². The SMILES string of the molecule is CC1(C)CC[C@]2(C)CC[C@]3(C)C(=CC=C4[C@@]5(C)CC[C@@H](O)C(C)(C)[C@@H]5CC[C@]43C)[C@@H]2C1. The zero-order valence-corrected chi connectivity index (χ0v) is 21.7. The van der Waals surface area contributed by atoms with E-state index in [1.165, 1.54) is 44.9 Å². The van der Waals surface area contributed by atoms with E-state index in [0.29, 0.717) is 22.2 Å². The Morgan fingerprint density at radius 1 is 0.742 bits per heavy atom. The van der Waals surface area contributed by atoms with E-state index < -0.39 is 0 Å². The zero-order chi connectivity index (χ0) is 22.7. The summed E-state index contributed by atoms with van der Waals surface area (Å²) in [6.45, 7) is 20.2. The lowest BCUT2D eigenvalue weighted by molar-refractivity contribution is -0.125. The molecular formula is C30H48O. The molecule has 0 saturated heterocycles. The van der Waals surface area contributed by atoms with Crippen molar-refractivity contribution in [3.63, 3.8) is 0 Å². The molecule has 0 bridgehead atoms. The van der Waals surface area contributed by atoms with E-state index in [1.54, 1.807) is 11.1 Å². The third-order valence-corrected chi connectivity index (χ3v) is 12.4. The number of aliphatic hydroxyl groups excluding tert-OH is 1. The highest BCUT2D eigenvalue weighted by molar-refractivity contribution is 5.45. The monoisotopic (exact) mass is 424 g/mol. The van der Waals surface area contributed by atoms with Gasteiger partial charge in [0.2, 0.25) is 0 Å². The fourth-order valence-corrected chi connectivity index (χ4v) is 9.81. The van der Waals surface area contributed by atoms with Crippen molar-refractivity contribution >= 4 is 0 Å². The molecule has 1 nitrogen and oxygen atoms in total. The highest BCUT2D eigenvalue weighted by Crippen LogP contribution is 2.74. The van der Waals surface area contributed by atoms with Crippen LogP contribution >= 0.6 is 0 Å². The number of allylic oxidation sites excluding steroid dienone is 4. The molecule has 174 valence electrons. The minimum absolute atomic E-state index is 0.0125. The summed E-state index contributed by atoms with van der Waals surface area (Å²) in [6, 6.07) is 0. The Kier molecular flexibility index (Phi) is 4.53. The van der Waals surface area contributed by atoms with Crippen LogP contribution in [-0.4, -0.2) is 11.2 Å². The average Bonchev–Trinajstić information content (AvgIpc) is 2.67. The van der Waals surface area contributed by atoms with E-state index in [2.05, 4.69) is 67.5 Å². The summed E-state index contributed by atoms with van der Waals surface area (Å²) in [7, 11) is 0. The first-order valence-corrected chi connectivity index (χ1v) is 13.3. The third kappa shape index (κ3) is 2.71. The molecule has 0 aliphatic heterocycles. The normalized spacial score (nSPS) is 52.6. The summed E-state index contributed by atoms with van der Waals surface area (Å²) in [6.07, 6.45) is 16.7. The summed E-state index contributed by atoms with van der Waals surface area (Å²) in [4.78, 5) is 0. The quantitative estimate of drug-likeness (QED) is 0.416. The van der Waals surface area contributed by atoms with Crippen LogP contribution in [0.2, 0.25) is 0 Å². The molecule has 1 N–H and O–H groups in total. The van der Waals surface area contributed by atoms with Gasteiger partial charge in [0.25, 0.3) is 0 Å². The second kappa shape index (κ2) is 6.31. The van der Waals surface area contributed by atoms with Gasteiger partial charge in [-0.25, -0.2) is 0 Å². The molecule has 0 radical (unpaired) electrons. The fraction of sp³-hybridized carbons (Fsp3) is 0.867. The van der Waals surface area contributed by atoms with Gasteiger partial charge in [-0.2, -0.15) is 0 Å². The molecule has 0 aromatic carbocycles. The molecule has 0 unspecified atom stereocenters. The maximum Gasteiger partial charge on any atom is 0.0594 e. The molecule has 7 atom stereocenters. The molecule has 0 aromatic rings. The molecule has 0 heterocycles. The lowest BCUT2D eigenvalue weighted by atomic mass is 9.36. The number of aliphatic hydroxyl groups is 1. The van der Waals surface area contributed by atoms with Gasteiger partial charge in [0.05, 0.1) is 6.10 Å². The Morgan fingerprint density at radius 2 is 1.42 bits per heavy atom. The third-order valence-electron chi connectivity index (χ3n) is 12.4. The Balaban J connectivity index is 1.63. The van der Waals surface area contributed by atoms with Crippen molar-refractivity contribution in [2.75, 3.05) is 0 Å². The van der Waals surface area contributed by atoms with Gasteiger partial charge in [-0.1, -0.05) is 78.7 Å². The summed E-state index contributed by atoms with van der Waals surface area (Å²) in [5.74, 6) is 1.34. The summed E-state index contributed by atoms with van der Waals surface area (Å²) in [5, 5.41) is 10.9. The molecule has 5 aliphatic rings. The van der Waals surface area contributed by atoms with Crippen LogP contribution in [0.25, 0.3) is 0 Å². The van der Waals surface area contributed by atoms with Crippen LogP contribution < -0.4 is 0 Å². The van der Waals surface area contributed by atoms with Crippen molar-refractivity contribution in [2.24, 2.45) is 44.3 Å². The molecule has 0 amide bonds. The zero-order valence-electron chi connectivity index (χ0n) is 21.7. The van der Waals surface area contributed by atoms with Crippen molar-refractivity contribution in [1.82, 2.24) is 0 Å². The first-order valence-electron chi connectivity index (χ1n) is 13.3. The van der Waals surface area contributed by atoms with Crippen LogP contribution in [0, 0.1) is 44.3 Å². The van der Waals surface area contributed by atoms with Gasteiger partial charge in [-0.3, -0.25) is 0 Å². The second-order valence-corrected chi connectivity index (χ2v) is 14.8. The molecule has 31 heavy (non-hydrogen) atoms. The van der Waals surface area contributed by atoms with Gasteiger partial charge in [-0.05, 0) is 102 Å². The summed E-state index contributed by atoms with van der Waals surface area (Å²) >= 11 is 0. The van der Waals surface area contributed by atoms with Gasteiger partial charge >= 0.3 is 0 Å². The molecule has 4 fully saturated rings. The Bertz CT molecular complexity index is 844. The maximum absolute atomic E-state index is 10.9. The van der Waals surface area contributed by atoms with Crippen molar-refractivity contribution < 1.29 is 5.11 Å². The minimum atomic E-state index is -0.152. The highest BCUT2D eigenvalue weighted by atomic mass is 16.3. The lowest BCUT2D eigenvalue weighted by Gasteiger charge is -2.68. The van der Waals surface area contributed by atoms with Crippen LogP contribution in [0.4, 0.5) is 0 Å². The maximum atomic E-state index is 10.9. The average molecular weight is 425 g/mol. The van der Waals surface area contributed by atoms with E-state index in [0.717, 1.165) is 18.8 Å². The number of rotatable bonds is 0. The van der Waals surface area contributed by atoms with E-state index in [1.807, 2.05) is 0 Å². The summed E-state index contributed by atoms with van der Waals surface area (Å²) in [5.41, 5.74) is 5.32. The van der Waals surface area contributed by atoms with Crippen molar-refractivity contribution in [2.45, 2.75) is 119 Å². The fourth-order valence-electron chi connectivity index (χ4n) is 9.81. The number of hydrogen-bond acceptors (Lipinski definition) is 1. The van der Waals surface area contributed by atoms with E-state index >= 15 is 0 Å². The van der Waals surface area contributed by atoms with Gasteiger partial charge in [0.1, 0.15) is 0 Å². The topological polar surface area (TPSA) is 20.2 Å².